The highest BCUT2D eigenvalue weighted by molar-refractivity contribution is 7.89. The first-order valence-corrected chi connectivity index (χ1v) is 14.3. The van der Waals surface area contributed by atoms with E-state index in [1.54, 1.807) is 42.6 Å². The SMILES string of the molecule is CN(c1ccc2c(c1)NC(N)(Cc1ccc(F)cc1)N2C)c1ccnc(Nc2ccc(CS(C)(=O)=O)cc2)n1. The van der Waals surface area contributed by atoms with Crippen LogP contribution in [0.2, 0.25) is 0 Å². The van der Waals surface area contributed by atoms with Gasteiger partial charge in [0.1, 0.15) is 11.6 Å². The molecule has 4 N–H and O–H groups in total. The van der Waals surface area contributed by atoms with Crippen LogP contribution in [-0.2, 0) is 22.0 Å². The molecule has 0 saturated heterocycles. The zero-order chi connectivity index (χ0) is 27.8. The third kappa shape index (κ3) is 5.94. The van der Waals surface area contributed by atoms with Crippen molar-refractivity contribution >= 4 is 44.4 Å². The Bertz CT molecular complexity index is 1600. The zero-order valence-corrected chi connectivity index (χ0v) is 22.7. The highest BCUT2D eigenvalue weighted by Gasteiger charge is 2.38. The highest BCUT2D eigenvalue weighted by Crippen LogP contribution is 2.41. The van der Waals surface area contributed by atoms with E-state index in [1.807, 2.05) is 48.2 Å². The summed E-state index contributed by atoms with van der Waals surface area (Å²) in [6.07, 6.45) is 3.37. The molecule has 1 atom stereocenters. The van der Waals surface area contributed by atoms with Crippen molar-refractivity contribution in [1.82, 2.24) is 9.97 Å². The Morgan fingerprint density at radius 3 is 2.44 bits per heavy atom. The molecule has 5 rings (SSSR count). The van der Waals surface area contributed by atoms with Crippen LogP contribution in [0.25, 0.3) is 0 Å². The predicted octanol–water partition coefficient (Wildman–Crippen LogP) is 4.39. The summed E-state index contributed by atoms with van der Waals surface area (Å²) in [6, 6.07) is 21.3. The van der Waals surface area contributed by atoms with Gasteiger partial charge in [-0.1, -0.05) is 24.3 Å². The van der Waals surface area contributed by atoms with Gasteiger partial charge in [-0.2, -0.15) is 4.98 Å². The average Bonchev–Trinajstić information content (AvgIpc) is 3.14. The minimum Gasteiger partial charge on any atom is -0.348 e. The second kappa shape index (κ2) is 10.2. The molecule has 0 aliphatic carbocycles. The molecule has 4 aromatic rings. The first kappa shape index (κ1) is 26.4. The van der Waals surface area contributed by atoms with Crippen molar-refractivity contribution in [3.8, 4) is 0 Å². The maximum absolute atomic E-state index is 13.4. The minimum atomic E-state index is -3.10. The van der Waals surface area contributed by atoms with Gasteiger partial charge in [-0.3, -0.25) is 5.73 Å². The van der Waals surface area contributed by atoms with Crippen LogP contribution < -0.4 is 26.2 Å². The number of hydrogen-bond acceptors (Lipinski definition) is 9. The van der Waals surface area contributed by atoms with E-state index in [1.165, 1.54) is 18.4 Å². The van der Waals surface area contributed by atoms with Gasteiger partial charge in [-0.05, 0) is 59.7 Å². The van der Waals surface area contributed by atoms with E-state index in [9.17, 15) is 12.8 Å². The Balaban J connectivity index is 1.31. The summed E-state index contributed by atoms with van der Waals surface area (Å²) in [5, 5.41) is 6.60. The molecule has 11 heteroatoms. The van der Waals surface area contributed by atoms with Crippen molar-refractivity contribution in [2.24, 2.45) is 5.73 Å². The van der Waals surface area contributed by atoms with E-state index in [2.05, 4.69) is 20.6 Å². The molecule has 0 spiro atoms. The normalized spacial score (nSPS) is 16.5. The van der Waals surface area contributed by atoms with E-state index in [4.69, 9.17) is 5.73 Å². The Morgan fingerprint density at radius 2 is 1.74 bits per heavy atom. The van der Waals surface area contributed by atoms with Gasteiger partial charge in [-0.25, -0.2) is 17.8 Å². The van der Waals surface area contributed by atoms with Crippen LogP contribution in [0.4, 0.5) is 38.9 Å². The minimum absolute atomic E-state index is 0.00694. The summed E-state index contributed by atoms with van der Waals surface area (Å²) in [5.74, 6) is -0.0563. The standard InChI is InChI=1S/C28H30FN7O2S/c1-35(26-14-15-31-27(33-26)32-22-10-6-20(7-11-22)18-39(3,37)38)23-12-13-25-24(16-23)34-28(30,36(25)2)17-19-4-8-21(29)9-5-19/h4-16,34H,17-18,30H2,1-3H3,(H,31,32,33). The van der Waals surface area contributed by atoms with E-state index in [0.29, 0.717) is 23.8 Å². The van der Waals surface area contributed by atoms with Crippen LogP contribution >= 0.6 is 0 Å². The van der Waals surface area contributed by atoms with Gasteiger partial charge in [0.25, 0.3) is 0 Å². The number of nitrogens with one attached hydrogen (secondary N) is 2. The lowest BCUT2D eigenvalue weighted by Crippen LogP contribution is -2.58. The summed E-state index contributed by atoms with van der Waals surface area (Å²) in [6.45, 7) is 0. The number of nitrogens with zero attached hydrogens (tertiary/aromatic N) is 4. The summed E-state index contributed by atoms with van der Waals surface area (Å²) in [4.78, 5) is 12.9. The van der Waals surface area contributed by atoms with Crippen LogP contribution in [0.3, 0.4) is 0 Å². The first-order valence-electron chi connectivity index (χ1n) is 12.3. The fourth-order valence-electron chi connectivity index (χ4n) is 4.58. The second-order valence-corrected chi connectivity index (χ2v) is 11.9. The largest absolute Gasteiger partial charge is 0.348 e. The number of likely N-dealkylation sites (N-methyl/N-ethyl adjacent to an activating group) is 1. The van der Waals surface area contributed by atoms with Gasteiger partial charge >= 0.3 is 0 Å². The van der Waals surface area contributed by atoms with Gasteiger partial charge in [0.15, 0.2) is 15.6 Å². The lowest BCUT2D eigenvalue weighted by Gasteiger charge is -2.34. The van der Waals surface area contributed by atoms with Crippen molar-refractivity contribution in [2.45, 2.75) is 18.0 Å². The third-order valence-corrected chi connectivity index (χ3v) is 7.55. The van der Waals surface area contributed by atoms with Crippen LogP contribution in [0, 0.1) is 5.82 Å². The van der Waals surface area contributed by atoms with Gasteiger partial charge in [0.05, 0.1) is 17.1 Å². The zero-order valence-electron chi connectivity index (χ0n) is 21.9. The molecule has 1 aromatic heterocycles. The van der Waals surface area contributed by atoms with E-state index >= 15 is 0 Å². The van der Waals surface area contributed by atoms with E-state index in [0.717, 1.165) is 28.3 Å². The number of halogens is 1. The van der Waals surface area contributed by atoms with Crippen molar-refractivity contribution in [1.29, 1.82) is 0 Å². The monoisotopic (exact) mass is 547 g/mol. The molecule has 2 heterocycles. The molecular formula is C28H30FN7O2S. The highest BCUT2D eigenvalue weighted by atomic mass is 32.2. The molecule has 3 aromatic carbocycles. The summed E-state index contributed by atoms with van der Waals surface area (Å²) >= 11 is 0. The fraction of sp³-hybridized carbons (Fsp3) is 0.214. The fourth-order valence-corrected chi connectivity index (χ4v) is 5.38. The molecule has 0 bridgehead atoms. The van der Waals surface area contributed by atoms with Gasteiger partial charge in [0.2, 0.25) is 5.95 Å². The lowest BCUT2D eigenvalue weighted by atomic mass is 10.1. The smallest absolute Gasteiger partial charge is 0.229 e. The summed E-state index contributed by atoms with van der Waals surface area (Å²) in [7, 11) is 0.753. The van der Waals surface area contributed by atoms with Crippen LogP contribution in [0.5, 0.6) is 0 Å². The van der Waals surface area contributed by atoms with E-state index < -0.39 is 15.6 Å². The van der Waals surface area contributed by atoms with Crippen molar-refractivity contribution in [2.75, 3.05) is 40.8 Å². The second-order valence-electron chi connectivity index (χ2n) is 9.80. The van der Waals surface area contributed by atoms with Crippen molar-refractivity contribution in [3.63, 3.8) is 0 Å². The molecule has 1 unspecified atom stereocenters. The number of fused-ring (bicyclic) bond motifs is 1. The molecular weight excluding hydrogens is 517 g/mol. The van der Waals surface area contributed by atoms with Crippen LogP contribution in [0.15, 0.2) is 79.0 Å². The number of benzene rings is 3. The molecule has 39 heavy (non-hydrogen) atoms. The van der Waals surface area contributed by atoms with Crippen molar-refractivity contribution < 1.29 is 12.8 Å². The number of nitrogens with two attached hydrogens (primary N) is 1. The van der Waals surface area contributed by atoms with Crippen LogP contribution in [0.1, 0.15) is 11.1 Å². The number of aromatic nitrogens is 2. The average molecular weight is 548 g/mol. The number of anilines is 6. The molecule has 0 amide bonds. The quantitative estimate of drug-likeness (QED) is 0.295. The van der Waals surface area contributed by atoms with Crippen molar-refractivity contribution in [3.05, 3.63) is 95.9 Å². The molecule has 0 saturated carbocycles. The van der Waals surface area contributed by atoms with Crippen LogP contribution in [-0.4, -0.2) is 44.5 Å². The number of hydrogen-bond donors (Lipinski definition) is 3. The first-order chi connectivity index (χ1) is 18.5. The van der Waals surface area contributed by atoms with Gasteiger partial charge < -0.3 is 20.4 Å². The van der Waals surface area contributed by atoms with Gasteiger partial charge in [0, 0.05) is 44.3 Å². The van der Waals surface area contributed by atoms with E-state index in [-0.39, 0.29) is 11.6 Å². The maximum atomic E-state index is 13.4. The number of rotatable bonds is 8. The third-order valence-electron chi connectivity index (χ3n) is 6.69. The molecule has 9 nitrogen and oxygen atoms in total. The Morgan fingerprint density at radius 1 is 1.05 bits per heavy atom. The van der Waals surface area contributed by atoms with Gasteiger partial charge in [-0.15, -0.1) is 0 Å². The number of sulfone groups is 1. The Kier molecular flexibility index (Phi) is 6.87. The summed E-state index contributed by atoms with van der Waals surface area (Å²) in [5.41, 5.74) is 11.9. The molecule has 1 aliphatic heterocycles. The molecule has 1 aliphatic rings. The lowest BCUT2D eigenvalue weighted by molar-refractivity contribution is 0.491. The molecule has 0 radical (unpaired) electrons. The molecule has 202 valence electrons. The Labute approximate surface area is 227 Å². The topological polar surface area (TPSA) is 116 Å². The maximum Gasteiger partial charge on any atom is 0.229 e. The predicted molar refractivity (Wildman–Crippen MR) is 154 cm³/mol. The Hall–Kier alpha value is -4.22. The molecule has 0 fully saturated rings. The summed E-state index contributed by atoms with van der Waals surface area (Å²) < 4.78 is 36.4.